The number of unbranched alkanes of at least 4 members (excludes halogenated alkanes) is 14. The summed E-state index contributed by atoms with van der Waals surface area (Å²) in [6.45, 7) is 4.62. The van der Waals surface area contributed by atoms with E-state index in [9.17, 15) is 19.5 Å². The molecule has 0 aromatic heterocycles. The molecule has 2 unspecified atom stereocenters. The zero-order valence-electron chi connectivity index (χ0n) is 30.6. The molecule has 0 saturated heterocycles. The lowest BCUT2D eigenvalue weighted by Gasteiger charge is -2.26. The van der Waals surface area contributed by atoms with Crippen LogP contribution in [0.15, 0.2) is 24.3 Å². The van der Waals surface area contributed by atoms with Crippen LogP contribution in [-0.4, -0.2) is 82.3 Å². The fourth-order valence-electron chi connectivity index (χ4n) is 4.74. The second-order valence-corrected chi connectivity index (χ2v) is 13.5. The molecule has 0 bridgehead atoms. The van der Waals surface area contributed by atoms with Gasteiger partial charge >= 0.3 is 11.9 Å². The van der Waals surface area contributed by atoms with Crippen LogP contribution in [-0.2, 0) is 33.3 Å². The maximum atomic E-state index is 12.6. The minimum absolute atomic E-state index is 0.146. The number of hydrogen-bond acceptors (Lipinski definition) is 8. The van der Waals surface area contributed by atoms with E-state index in [1.54, 1.807) is 0 Å². The number of ether oxygens (including phenoxy) is 4. The topological polar surface area (TPSA) is 111 Å². The number of esters is 2. The van der Waals surface area contributed by atoms with Crippen molar-refractivity contribution in [1.29, 1.82) is 0 Å². The van der Waals surface area contributed by atoms with E-state index < -0.39 is 24.3 Å². The van der Waals surface area contributed by atoms with Crippen molar-refractivity contribution in [3.8, 4) is 0 Å². The van der Waals surface area contributed by atoms with E-state index in [0.29, 0.717) is 17.4 Å². The Kier molecular flexibility index (Phi) is 29.6. The smallest absolute Gasteiger partial charge is 0.306 e. The van der Waals surface area contributed by atoms with Gasteiger partial charge in [-0.1, -0.05) is 109 Å². The van der Waals surface area contributed by atoms with Crippen LogP contribution in [0.4, 0.5) is 0 Å². The Morgan fingerprint density at radius 1 is 0.638 bits per heavy atom. The Morgan fingerprint density at radius 3 is 1.72 bits per heavy atom. The highest BCUT2D eigenvalue weighted by molar-refractivity contribution is 5.70. The zero-order valence-corrected chi connectivity index (χ0v) is 30.6. The monoisotopic (exact) mass is 668 g/mol. The predicted octanol–water partition coefficient (Wildman–Crippen LogP) is 7.21. The highest BCUT2D eigenvalue weighted by Crippen LogP contribution is 2.12. The van der Waals surface area contributed by atoms with Gasteiger partial charge in [-0.15, -0.1) is 0 Å². The first-order valence-corrected chi connectivity index (χ1v) is 18.5. The van der Waals surface area contributed by atoms with Gasteiger partial charge in [0.25, 0.3) is 0 Å². The van der Waals surface area contributed by atoms with Gasteiger partial charge in [0.15, 0.2) is 12.4 Å². The average Bonchev–Trinajstić information content (AvgIpc) is 3.02. The molecule has 0 amide bonds. The number of likely N-dealkylation sites (N-methyl/N-ethyl adjacent to an activating group) is 1. The summed E-state index contributed by atoms with van der Waals surface area (Å²) in [6, 6.07) is 0. The number of carbonyl (C=O) groups excluding carboxylic acids is 3. The molecule has 0 aliphatic heterocycles. The van der Waals surface area contributed by atoms with Crippen LogP contribution in [0.5, 0.6) is 0 Å². The van der Waals surface area contributed by atoms with Crippen molar-refractivity contribution in [2.24, 2.45) is 0 Å². The fraction of sp³-hybridized carbons (Fsp3) is 0.816. The van der Waals surface area contributed by atoms with E-state index in [4.69, 9.17) is 18.9 Å². The van der Waals surface area contributed by atoms with E-state index in [2.05, 4.69) is 38.2 Å². The predicted molar refractivity (Wildman–Crippen MR) is 186 cm³/mol. The largest absolute Gasteiger partial charge is 0.545 e. The molecular weight excluding hydrogens is 598 g/mol. The van der Waals surface area contributed by atoms with E-state index in [-0.39, 0.29) is 38.6 Å². The second-order valence-electron chi connectivity index (χ2n) is 13.5. The Morgan fingerprint density at radius 2 is 1.15 bits per heavy atom. The van der Waals surface area contributed by atoms with Crippen molar-refractivity contribution in [3.63, 3.8) is 0 Å². The molecule has 9 heteroatoms. The van der Waals surface area contributed by atoms with Crippen molar-refractivity contribution < 1.29 is 42.9 Å². The minimum Gasteiger partial charge on any atom is -0.545 e. The molecule has 0 N–H and O–H groups in total. The van der Waals surface area contributed by atoms with Crippen LogP contribution >= 0.6 is 0 Å². The third-order valence-corrected chi connectivity index (χ3v) is 7.70. The molecule has 274 valence electrons. The summed E-state index contributed by atoms with van der Waals surface area (Å²) in [5.74, 6) is -2.31. The number of rotatable bonds is 33. The van der Waals surface area contributed by atoms with Gasteiger partial charge < -0.3 is 33.3 Å². The summed E-state index contributed by atoms with van der Waals surface area (Å²) >= 11 is 0. The van der Waals surface area contributed by atoms with Crippen molar-refractivity contribution >= 4 is 17.9 Å². The quantitative estimate of drug-likeness (QED) is 0.0237. The first kappa shape index (κ1) is 44.8. The van der Waals surface area contributed by atoms with Crippen LogP contribution in [0.25, 0.3) is 0 Å². The number of carbonyl (C=O) groups is 3. The Balaban J connectivity index is 4.54. The van der Waals surface area contributed by atoms with E-state index >= 15 is 0 Å². The van der Waals surface area contributed by atoms with E-state index in [1.165, 1.54) is 51.4 Å². The molecule has 0 aromatic rings. The number of allylic oxidation sites excluding steroid dienone is 4. The van der Waals surface area contributed by atoms with Crippen LogP contribution in [0.3, 0.4) is 0 Å². The number of nitrogens with zero attached hydrogens (tertiary/aromatic N) is 1. The van der Waals surface area contributed by atoms with Crippen molar-refractivity contribution in [1.82, 2.24) is 0 Å². The number of aliphatic carboxylic acids is 1. The molecule has 47 heavy (non-hydrogen) atoms. The van der Waals surface area contributed by atoms with Gasteiger partial charge in [-0.2, -0.15) is 0 Å². The lowest BCUT2D eigenvalue weighted by atomic mass is 10.1. The molecule has 0 rings (SSSR count). The van der Waals surface area contributed by atoms with Gasteiger partial charge in [0.1, 0.15) is 13.2 Å². The van der Waals surface area contributed by atoms with Crippen LogP contribution in [0, 0.1) is 0 Å². The summed E-state index contributed by atoms with van der Waals surface area (Å²) in [4.78, 5) is 36.5. The van der Waals surface area contributed by atoms with Gasteiger partial charge in [0.05, 0.1) is 40.3 Å². The molecule has 2 atom stereocenters. The maximum absolute atomic E-state index is 12.6. The molecule has 0 aliphatic carbocycles. The molecule has 0 fully saturated rings. The van der Waals surface area contributed by atoms with Gasteiger partial charge in [0, 0.05) is 12.8 Å². The number of hydrogen-bond donors (Lipinski definition) is 0. The van der Waals surface area contributed by atoms with Gasteiger partial charge in [-0.3, -0.25) is 9.59 Å². The summed E-state index contributed by atoms with van der Waals surface area (Å²) in [7, 11) is 5.88. The summed E-state index contributed by atoms with van der Waals surface area (Å²) in [6.07, 6.45) is 26.5. The molecule has 0 spiro atoms. The standard InChI is InChI=1S/C38H69NO8/c1-6-8-10-12-14-15-16-17-18-19-20-21-23-25-27-29-36(41)47-34(32-45-35(40)28-26-24-22-13-11-9-7-2)33-46-38(37(42)43)44-31-30-39(3,4)5/h14-15,17-18,34,38H,6-13,16,19-33H2,1-5H3/b15-14-,18-17-. The SMILES string of the molecule is CCCCC/C=C\C/C=C\CCCCCCCC(=O)OC(COC(=O)CCCCCCCCC)COC(OCC[N+](C)(C)C)C(=O)[O-]. The zero-order chi connectivity index (χ0) is 35.0. The van der Waals surface area contributed by atoms with Crippen LogP contribution in [0.2, 0.25) is 0 Å². The first-order chi connectivity index (χ1) is 22.6. The molecule has 9 nitrogen and oxygen atoms in total. The van der Waals surface area contributed by atoms with Gasteiger partial charge in [-0.05, 0) is 44.9 Å². The van der Waals surface area contributed by atoms with Crippen LogP contribution in [0.1, 0.15) is 142 Å². The number of carboxylic acids is 1. The highest BCUT2D eigenvalue weighted by atomic mass is 16.7. The molecule has 0 aliphatic rings. The Labute approximate surface area is 287 Å². The molecular formula is C38H69NO8. The first-order valence-electron chi connectivity index (χ1n) is 18.5. The van der Waals surface area contributed by atoms with Crippen molar-refractivity contribution in [2.75, 3.05) is 47.5 Å². The molecule has 0 heterocycles. The lowest BCUT2D eigenvalue weighted by molar-refractivity contribution is -0.870. The van der Waals surface area contributed by atoms with E-state index in [1.807, 2.05) is 21.1 Å². The van der Waals surface area contributed by atoms with Crippen molar-refractivity contribution in [2.45, 2.75) is 155 Å². The fourth-order valence-corrected chi connectivity index (χ4v) is 4.74. The lowest BCUT2D eigenvalue weighted by Crippen LogP contribution is -2.44. The van der Waals surface area contributed by atoms with Crippen LogP contribution < -0.4 is 5.11 Å². The van der Waals surface area contributed by atoms with E-state index in [0.717, 1.165) is 57.8 Å². The second kappa shape index (κ2) is 31.1. The normalized spacial score (nSPS) is 13.3. The summed E-state index contributed by atoms with van der Waals surface area (Å²) in [5.41, 5.74) is 0. The highest BCUT2D eigenvalue weighted by Gasteiger charge is 2.21. The molecule has 0 radical (unpaired) electrons. The summed E-state index contributed by atoms with van der Waals surface area (Å²) < 4.78 is 22.3. The Hall–Kier alpha value is -2.23. The van der Waals surface area contributed by atoms with Crippen molar-refractivity contribution in [3.05, 3.63) is 24.3 Å². The molecule has 0 saturated carbocycles. The summed E-state index contributed by atoms with van der Waals surface area (Å²) in [5, 5.41) is 11.6. The minimum atomic E-state index is -1.62. The average molecular weight is 668 g/mol. The van der Waals surface area contributed by atoms with Gasteiger partial charge in [0.2, 0.25) is 0 Å². The third kappa shape index (κ3) is 32.1. The molecule has 0 aromatic carbocycles. The maximum Gasteiger partial charge on any atom is 0.306 e. The number of carboxylic acid groups (broad SMARTS) is 1. The third-order valence-electron chi connectivity index (χ3n) is 7.70. The number of quaternary nitrogens is 1. The van der Waals surface area contributed by atoms with Gasteiger partial charge in [-0.25, -0.2) is 0 Å². The Bertz CT molecular complexity index is 836.